The summed E-state index contributed by atoms with van der Waals surface area (Å²) in [7, 11) is 0. The van der Waals surface area contributed by atoms with E-state index in [9.17, 15) is 4.79 Å². The zero-order valence-corrected chi connectivity index (χ0v) is 13.6. The number of aryl methyl sites for hydroxylation is 2. The van der Waals surface area contributed by atoms with Gasteiger partial charge in [-0.25, -0.2) is 0 Å². The molecule has 0 aliphatic heterocycles. The van der Waals surface area contributed by atoms with Crippen LogP contribution < -0.4 is 10.1 Å². The first-order valence-corrected chi connectivity index (χ1v) is 7.66. The zero-order chi connectivity index (χ0) is 16.9. The lowest BCUT2D eigenvalue weighted by molar-refractivity contribution is -0.115. The maximum atomic E-state index is 12.1. The highest BCUT2D eigenvalue weighted by molar-refractivity contribution is 5.92. The summed E-state index contributed by atoms with van der Waals surface area (Å²) in [5.41, 5.74) is 2.29. The highest BCUT2D eigenvalue weighted by Crippen LogP contribution is 2.23. The third kappa shape index (κ3) is 3.81. The molecule has 0 atom stereocenters. The van der Waals surface area contributed by atoms with E-state index in [1.54, 1.807) is 6.92 Å². The van der Waals surface area contributed by atoms with Crippen LogP contribution in [0, 0.1) is 13.8 Å². The highest BCUT2D eigenvalue weighted by atomic mass is 16.5. The molecule has 5 nitrogen and oxygen atoms in total. The molecule has 0 saturated carbocycles. The molecule has 5 heteroatoms. The third-order valence-corrected chi connectivity index (χ3v) is 3.64. The lowest BCUT2D eigenvalue weighted by Crippen LogP contribution is -2.15. The summed E-state index contributed by atoms with van der Waals surface area (Å²) in [4.78, 5) is 12.1. The number of rotatable bonds is 5. The number of aromatic nitrogens is 1. The molecule has 2 aromatic carbocycles. The van der Waals surface area contributed by atoms with E-state index in [2.05, 4.69) is 10.5 Å². The molecule has 3 rings (SSSR count). The van der Waals surface area contributed by atoms with Crippen LogP contribution in [0.15, 0.2) is 59.1 Å². The number of para-hydroxylation sites is 1. The van der Waals surface area contributed by atoms with Crippen LogP contribution in [0.3, 0.4) is 0 Å². The van der Waals surface area contributed by atoms with Gasteiger partial charge in [0.25, 0.3) is 0 Å². The normalized spacial score (nSPS) is 10.4. The fourth-order valence-corrected chi connectivity index (χ4v) is 2.35. The fraction of sp³-hybridized carbons (Fsp3) is 0.158. The van der Waals surface area contributed by atoms with Crippen molar-refractivity contribution in [2.24, 2.45) is 0 Å². The number of carbonyl (C=O) groups excluding carboxylic acids is 1. The molecule has 122 valence electrons. The minimum Gasteiger partial charge on any atom is -0.457 e. The maximum absolute atomic E-state index is 12.1. The molecule has 0 unspecified atom stereocenters. The van der Waals surface area contributed by atoms with Crippen LogP contribution in [0.1, 0.15) is 17.0 Å². The van der Waals surface area contributed by atoms with Crippen LogP contribution in [-0.4, -0.2) is 11.1 Å². The van der Waals surface area contributed by atoms with Crippen molar-refractivity contribution in [1.82, 2.24) is 5.16 Å². The summed E-state index contributed by atoms with van der Waals surface area (Å²) >= 11 is 0. The van der Waals surface area contributed by atoms with Crippen molar-refractivity contribution in [2.45, 2.75) is 20.3 Å². The molecule has 1 amide bonds. The number of hydrogen-bond donors (Lipinski definition) is 1. The summed E-state index contributed by atoms with van der Waals surface area (Å²) in [6.45, 7) is 3.63. The molecule has 0 radical (unpaired) electrons. The van der Waals surface area contributed by atoms with Crippen molar-refractivity contribution in [2.75, 3.05) is 5.32 Å². The van der Waals surface area contributed by atoms with Crippen molar-refractivity contribution < 1.29 is 14.1 Å². The Morgan fingerprint density at radius 2 is 1.71 bits per heavy atom. The average molecular weight is 322 g/mol. The Labute approximate surface area is 140 Å². The molecule has 24 heavy (non-hydrogen) atoms. The molecule has 0 bridgehead atoms. The number of hydrogen-bond acceptors (Lipinski definition) is 4. The molecule has 0 spiro atoms. The maximum Gasteiger partial charge on any atom is 0.228 e. The first-order chi connectivity index (χ1) is 11.6. The second-order valence-corrected chi connectivity index (χ2v) is 5.47. The van der Waals surface area contributed by atoms with Crippen LogP contribution in [0.4, 0.5) is 5.69 Å². The number of anilines is 1. The van der Waals surface area contributed by atoms with Gasteiger partial charge in [0, 0.05) is 11.3 Å². The van der Waals surface area contributed by atoms with Gasteiger partial charge >= 0.3 is 0 Å². The van der Waals surface area contributed by atoms with E-state index >= 15 is 0 Å². The van der Waals surface area contributed by atoms with Crippen LogP contribution in [-0.2, 0) is 11.2 Å². The SMILES string of the molecule is Cc1noc(C)c1CC(=O)Nc1ccc(Oc2ccccc2)cc1. The summed E-state index contributed by atoms with van der Waals surface area (Å²) in [5, 5.41) is 6.72. The number of carbonyl (C=O) groups is 1. The number of nitrogens with one attached hydrogen (secondary N) is 1. The lowest BCUT2D eigenvalue weighted by Gasteiger charge is -2.08. The minimum absolute atomic E-state index is 0.110. The standard InChI is InChI=1S/C19H18N2O3/c1-13-18(14(2)24-21-13)12-19(22)20-15-8-10-17(11-9-15)23-16-6-4-3-5-7-16/h3-11H,12H2,1-2H3,(H,20,22). The minimum atomic E-state index is -0.110. The Bertz CT molecular complexity index is 804. The average Bonchev–Trinajstić information content (AvgIpc) is 2.89. The summed E-state index contributed by atoms with van der Waals surface area (Å²) in [5.74, 6) is 2.05. The van der Waals surface area contributed by atoms with Crippen molar-refractivity contribution in [3.05, 3.63) is 71.6 Å². The Hall–Kier alpha value is -3.08. The monoisotopic (exact) mass is 322 g/mol. The number of nitrogens with zero attached hydrogens (tertiary/aromatic N) is 1. The van der Waals surface area contributed by atoms with Gasteiger partial charge in [-0.1, -0.05) is 23.4 Å². The molecule has 0 saturated heterocycles. The Morgan fingerprint density at radius 3 is 2.33 bits per heavy atom. The van der Waals surface area contributed by atoms with Crippen LogP contribution >= 0.6 is 0 Å². The molecule has 0 aliphatic rings. The highest BCUT2D eigenvalue weighted by Gasteiger charge is 2.13. The fourth-order valence-electron chi connectivity index (χ4n) is 2.35. The van der Waals surface area contributed by atoms with Gasteiger partial charge in [-0.3, -0.25) is 4.79 Å². The van der Waals surface area contributed by atoms with Gasteiger partial charge in [-0.05, 0) is 50.2 Å². The molecule has 0 fully saturated rings. The Morgan fingerprint density at radius 1 is 1.04 bits per heavy atom. The summed E-state index contributed by atoms with van der Waals surface area (Å²) in [6.07, 6.45) is 0.240. The van der Waals surface area contributed by atoms with E-state index in [1.807, 2.05) is 61.5 Å². The van der Waals surface area contributed by atoms with Crippen LogP contribution in [0.25, 0.3) is 0 Å². The second-order valence-electron chi connectivity index (χ2n) is 5.47. The van der Waals surface area contributed by atoms with E-state index in [0.29, 0.717) is 17.2 Å². The predicted octanol–water partition coefficient (Wildman–Crippen LogP) is 4.26. The zero-order valence-electron chi connectivity index (χ0n) is 13.6. The molecular formula is C19H18N2O3. The van der Waals surface area contributed by atoms with Crippen molar-refractivity contribution in [1.29, 1.82) is 0 Å². The van der Waals surface area contributed by atoms with E-state index in [-0.39, 0.29) is 12.3 Å². The van der Waals surface area contributed by atoms with Crippen LogP contribution in [0.2, 0.25) is 0 Å². The number of ether oxygens (including phenoxy) is 1. The lowest BCUT2D eigenvalue weighted by atomic mass is 10.1. The van der Waals surface area contributed by atoms with Gasteiger partial charge < -0.3 is 14.6 Å². The molecule has 0 aliphatic carbocycles. The molecule has 3 aromatic rings. The van der Waals surface area contributed by atoms with Gasteiger partial charge in [0.2, 0.25) is 5.91 Å². The number of amides is 1. The number of benzene rings is 2. The van der Waals surface area contributed by atoms with Crippen molar-refractivity contribution in [3.8, 4) is 11.5 Å². The molecule has 1 aromatic heterocycles. The predicted molar refractivity (Wildman–Crippen MR) is 91.3 cm³/mol. The topological polar surface area (TPSA) is 64.4 Å². The van der Waals surface area contributed by atoms with E-state index < -0.39 is 0 Å². The molecule has 1 N–H and O–H groups in total. The quantitative estimate of drug-likeness (QED) is 0.762. The van der Waals surface area contributed by atoms with E-state index in [0.717, 1.165) is 17.0 Å². The smallest absolute Gasteiger partial charge is 0.228 e. The summed E-state index contributed by atoms with van der Waals surface area (Å²) < 4.78 is 10.8. The molecule has 1 heterocycles. The Kier molecular flexibility index (Phi) is 4.61. The van der Waals surface area contributed by atoms with E-state index in [4.69, 9.17) is 9.26 Å². The summed E-state index contributed by atoms with van der Waals surface area (Å²) in [6, 6.07) is 16.8. The van der Waals surface area contributed by atoms with Gasteiger partial charge in [-0.2, -0.15) is 0 Å². The van der Waals surface area contributed by atoms with E-state index in [1.165, 1.54) is 0 Å². The third-order valence-electron chi connectivity index (χ3n) is 3.64. The first kappa shape index (κ1) is 15.8. The molecular weight excluding hydrogens is 304 g/mol. The Balaban J connectivity index is 1.61. The second kappa shape index (κ2) is 7.00. The van der Waals surface area contributed by atoms with Gasteiger partial charge in [-0.15, -0.1) is 0 Å². The van der Waals surface area contributed by atoms with Gasteiger partial charge in [0.05, 0.1) is 12.1 Å². The largest absolute Gasteiger partial charge is 0.457 e. The van der Waals surface area contributed by atoms with Gasteiger partial charge in [0.1, 0.15) is 17.3 Å². The first-order valence-electron chi connectivity index (χ1n) is 7.66. The van der Waals surface area contributed by atoms with Gasteiger partial charge in [0.15, 0.2) is 0 Å². The van der Waals surface area contributed by atoms with Crippen molar-refractivity contribution >= 4 is 11.6 Å². The van der Waals surface area contributed by atoms with Crippen LogP contribution in [0.5, 0.6) is 11.5 Å². The van der Waals surface area contributed by atoms with Crippen molar-refractivity contribution in [3.63, 3.8) is 0 Å².